The molecule has 2 aromatic carbocycles. The van der Waals surface area contributed by atoms with E-state index in [1.807, 2.05) is 0 Å². The van der Waals surface area contributed by atoms with Gasteiger partial charge in [0.1, 0.15) is 11.5 Å². The minimum atomic E-state index is -0.229. The maximum Gasteiger partial charge on any atom is 0.199 e. The third-order valence-corrected chi connectivity index (χ3v) is 4.33. The molecule has 0 bridgehead atoms. The van der Waals surface area contributed by atoms with Gasteiger partial charge in [-0.05, 0) is 40.2 Å². The molecule has 0 N–H and O–H groups in total. The minimum Gasteiger partial charge on any atom is -0.497 e. The number of carbonyl (C=O) groups is 1. The molecule has 0 heterocycles. The van der Waals surface area contributed by atoms with Crippen LogP contribution in [0.2, 0.25) is 5.02 Å². The average Bonchev–Trinajstić information content (AvgIpc) is 2.48. The van der Waals surface area contributed by atoms with Crippen LogP contribution < -0.4 is 9.47 Å². The van der Waals surface area contributed by atoms with E-state index in [0.29, 0.717) is 32.1 Å². The highest BCUT2D eigenvalue weighted by atomic mass is 79.9. The van der Waals surface area contributed by atoms with E-state index in [1.54, 1.807) is 37.4 Å². The Morgan fingerprint density at radius 2 is 1.81 bits per heavy atom. The molecule has 3 nitrogen and oxygen atoms in total. The Bertz CT molecular complexity index is 702. The molecule has 0 unspecified atom stereocenters. The second-order valence-corrected chi connectivity index (χ2v) is 6.32. The third kappa shape index (κ3) is 3.42. The Balaban J connectivity index is 2.60. The van der Waals surface area contributed by atoms with E-state index in [4.69, 9.17) is 21.1 Å². The van der Waals surface area contributed by atoms with Crippen molar-refractivity contribution in [1.29, 1.82) is 0 Å². The largest absolute Gasteiger partial charge is 0.497 e. The summed E-state index contributed by atoms with van der Waals surface area (Å²) in [5.41, 5.74) is 0.800. The van der Waals surface area contributed by atoms with Gasteiger partial charge in [-0.1, -0.05) is 27.5 Å². The second kappa shape index (κ2) is 6.81. The standard InChI is InChI=1S/C15H11Br2ClO3/c1-20-9-6-11(17)14(13(7-9)21-2)15(19)10-5-8(16)3-4-12(10)18/h3-7H,1-2H3. The number of ketones is 1. The van der Waals surface area contributed by atoms with E-state index in [0.717, 1.165) is 4.47 Å². The molecule has 0 amide bonds. The van der Waals surface area contributed by atoms with Crippen molar-refractivity contribution in [2.24, 2.45) is 0 Å². The van der Waals surface area contributed by atoms with Gasteiger partial charge in [-0.25, -0.2) is 0 Å². The van der Waals surface area contributed by atoms with E-state index in [-0.39, 0.29) is 5.78 Å². The van der Waals surface area contributed by atoms with Gasteiger partial charge in [0.2, 0.25) is 0 Å². The highest BCUT2D eigenvalue weighted by Gasteiger charge is 2.21. The van der Waals surface area contributed by atoms with E-state index >= 15 is 0 Å². The van der Waals surface area contributed by atoms with Crippen LogP contribution in [0.4, 0.5) is 0 Å². The predicted octanol–water partition coefficient (Wildman–Crippen LogP) is 5.11. The maximum atomic E-state index is 12.8. The quantitative estimate of drug-likeness (QED) is 0.627. The minimum absolute atomic E-state index is 0.229. The molecule has 0 aromatic heterocycles. The number of carbonyl (C=O) groups excluding carboxylic acids is 1. The first kappa shape index (κ1) is 16.3. The highest BCUT2D eigenvalue weighted by molar-refractivity contribution is 9.10. The molecule has 110 valence electrons. The lowest BCUT2D eigenvalue weighted by molar-refractivity contribution is 0.103. The van der Waals surface area contributed by atoms with Crippen LogP contribution in [-0.4, -0.2) is 20.0 Å². The number of hydrogen-bond donors (Lipinski definition) is 0. The van der Waals surface area contributed by atoms with Gasteiger partial charge < -0.3 is 9.47 Å². The molecule has 0 radical (unpaired) electrons. The van der Waals surface area contributed by atoms with Gasteiger partial charge in [0, 0.05) is 20.6 Å². The van der Waals surface area contributed by atoms with Crippen LogP contribution in [0.25, 0.3) is 0 Å². The van der Waals surface area contributed by atoms with Crippen LogP contribution in [0.5, 0.6) is 11.5 Å². The molecule has 0 saturated heterocycles. The Morgan fingerprint density at radius 3 is 2.43 bits per heavy atom. The first-order valence-electron chi connectivity index (χ1n) is 5.89. The fourth-order valence-corrected chi connectivity index (χ4v) is 3.03. The molecule has 2 rings (SSSR count). The van der Waals surface area contributed by atoms with Crippen molar-refractivity contribution in [2.75, 3.05) is 14.2 Å². The molecular weight excluding hydrogens is 423 g/mol. The van der Waals surface area contributed by atoms with Gasteiger partial charge in [-0.3, -0.25) is 4.79 Å². The zero-order valence-electron chi connectivity index (χ0n) is 11.2. The molecule has 2 aromatic rings. The summed E-state index contributed by atoms with van der Waals surface area (Å²) in [6.45, 7) is 0. The number of hydrogen-bond acceptors (Lipinski definition) is 3. The lowest BCUT2D eigenvalue weighted by Crippen LogP contribution is -2.06. The number of rotatable bonds is 4. The monoisotopic (exact) mass is 432 g/mol. The smallest absolute Gasteiger partial charge is 0.199 e. The Morgan fingerprint density at radius 1 is 1.10 bits per heavy atom. The van der Waals surface area contributed by atoms with Crippen molar-refractivity contribution in [1.82, 2.24) is 0 Å². The summed E-state index contributed by atoms with van der Waals surface area (Å²) >= 11 is 12.9. The number of halogens is 3. The molecule has 0 spiro atoms. The molecule has 0 fully saturated rings. The number of benzene rings is 2. The summed E-state index contributed by atoms with van der Waals surface area (Å²) < 4.78 is 11.8. The molecule has 0 aliphatic heterocycles. The van der Waals surface area contributed by atoms with Gasteiger partial charge in [-0.2, -0.15) is 0 Å². The Kier molecular flexibility index (Phi) is 5.30. The van der Waals surface area contributed by atoms with Crippen molar-refractivity contribution >= 4 is 49.2 Å². The molecule has 0 aliphatic rings. The fourth-order valence-electron chi connectivity index (χ4n) is 1.86. The molecule has 0 aliphatic carbocycles. The molecule has 0 saturated carbocycles. The van der Waals surface area contributed by atoms with Crippen molar-refractivity contribution in [3.05, 3.63) is 55.4 Å². The molecular formula is C15H11Br2ClO3. The predicted molar refractivity (Wildman–Crippen MR) is 89.8 cm³/mol. The lowest BCUT2D eigenvalue weighted by atomic mass is 10.0. The molecule has 21 heavy (non-hydrogen) atoms. The second-order valence-electron chi connectivity index (χ2n) is 4.14. The summed E-state index contributed by atoms with van der Waals surface area (Å²) in [6.07, 6.45) is 0. The Labute approximate surface area is 144 Å². The average molecular weight is 435 g/mol. The van der Waals surface area contributed by atoms with E-state index in [9.17, 15) is 4.79 Å². The van der Waals surface area contributed by atoms with Gasteiger partial charge in [0.15, 0.2) is 5.78 Å². The van der Waals surface area contributed by atoms with Gasteiger partial charge in [0.25, 0.3) is 0 Å². The highest BCUT2D eigenvalue weighted by Crippen LogP contribution is 2.35. The van der Waals surface area contributed by atoms with Gasteiger partial charge in [0.05, 0.1) is 24.8 Å². The summed E-state index contributed by atoms with van der Waals surface area (Å²) in [4.78, 5) is 12.8. The van der Waals surface area contributed by atoms with Gasteiger partial charge >= 0.3 is 0 Å². The Hall–Kier alpha value is -1.04. The van der Waals surface area contributed by atoms with Crippen molar-refractivity contribution in [3.8, 4) is 11.5 Å². The lowest BCUT2D eigenvalue weighted by Gasteiger charge is -2.13. The van der Waals surface area contributed by atoms with Crippen molar-refractivity contribution < 1.29 is 14.3 Å². The number of methoxy groups -OCH3 is 2. The summed E-state index contributed by atoms with van der Waals surface area (Å²) in [5, 5.41) is 0.382. The normalized spacial score (nSPS) is 10.3. The van der Waals surface area contributed by atoms with Crippen LogP contribution >= 0.6 is 43.5 Å². The van der Waals surface area contributed by atoms with Crippen LogP contribution in [0, 0.1) is 0 Å². The SMILES string of the molecule is COc1cc(Br)c(C(=O)c2cc(Br)ccc2Cl)c(OC)c1. The summed E-state index contributed by atoms with van der Waals surface area (Å²) in [5.74, 6) is 0.783. The van der Waals surface area contributed by atoms with Crippen LogP contribution in [-0.2, 0) is 0 Å². The van der Waals surface area contributed by atoms with Crippen LogP contribution in [0.3, 0.4) is 0 Å². The fraction of sp³-hybridized carbons (Fsp3) is 0.133. The molecule has 6 heteroatoms. The summed E-state index contributed by atoms with van der Waals surface area (Å²) in [7, 11) is 3.05. The maximum absolute atomic E-state index is 12.8. The topological polar surface area (TPSA) is 35.5 Å². The van der Waals surface area contributed by atoms with Crippen LogP contribution in [0.15, 0.2) is 39.3 Å². The third-order valence-electron chi connectivity index (χ3n) is 2.88. The summed E-state index contributed by atoms with van der Waals surface area (Å²) in [6, 6.07) is 8.49. The van der Waals surface area contributed by atoms with Gasteiger partial charge in [-0.15, -0.1) is 0 Å². The first-order valence-corrected chi connectivity index (χ1v) is 7.85. The van der Waals surface area contributed by atoms with Crippen LogP contribution in [0.1, 0.15) is 15.9 Å². The van der Waals surface area contributed by atoms with E-state index < -0.39 is 0 Å². The van der Waals surface area contributed by atoms with Crippen molar-refractivity contribution in [3.63, 3.8) is 0 Å². The zero-order valence-corrected chi connectivity index (χ0v) is 15.2. The first-order chi connectivity index (χ1) is 9.97. The molecule has 0 atom stereocenters. The zero-order chi connectivity index (χ0) is 15.6. The van der Waals surface area contributed by atoms with Crippen molar-refractivity contribution in [2.45, 2.75) is 0 Å². The number of ether oxygens (including phenoxy) is 2. The van der Waals surface area contributed by atoms with E-state index in [2.05, 4.69) is 31.9 Å². The van der Waals surface area contributed by atoms with E-state index in [1.165, 1.54) is 7.11 Å².